The van der Waals surface area contributed by atoms with Crippen molar-refractivity contribution in [1.82, 2.24) is 24.9 Å². The lowest BCUT2D eigenvalue weighted by atomic mass is 10.0. The van der Waals surface area contributed by atoms with Gasteiger partial charge in [0.15, 0.2) is 23.3 Å². The van der Waals surface area contributed by atoms with Gasteiger partial charge in [0, 0.05) is 43.1 Å². The van der Waals surface area contributed by atoms with E-state index in [1.807, 2.05) is 109 Å². The van der Waals surface area contributed by atoms with Gasteiger partial charge in [0.05, 0.1) is 33.1 Å². The van der Waals surface area contributed by atoms with Crippen LogP contribution in [0.25, 0.3) is 110 Å². The minimum atomic E-state index is 0.554. The molecule has 11 rings (SSSR count). The van der Waals surface area contributed by atoms with Gasteiger partial charge in [0.25, 0.3) is 0 Å². The van der Waals surface area contributed by atoms with E-state index in [2.05, 4.69) is 66.7 Å². The molecular formula is C50H28N6OS. The zero-order chi connectivity index (χ0) is 38.6. The van der Waals surface area contributed by atoms with E-state index < -0.39 is 0 Å². The maximum absolute atomic E-state index is 9.23. The zero-order valence-corrected chi connectivity index (χ0v) is 31.5. The minimum Gasteiger partial charge on any atom is -0.455 e. The summed E-state index contributed by atoms with van der Waals surface area (Å²) in [4.78, 5) is 25.4. The Bertz CT molecular complexity index is 3390. The van der Waals surface area contributed by atoms with Gasteiger partial charge >= 0.3 is 0 Å². The molecule has 0 fully saturated rings. The van der Waals surface area contributed by atoms with E-state index in [0.29, 0.717) is 28.9 Å². The maximum atomic E-state index is 9.23. The normalized spacial score (nSPS) is 11.4. The zero-order valence-electron chi connectivity index (χ0n) is 30.7. The van der Waals surface area contributed by atoms with E-state index in [0.717, 1.165) is 82.2 Å². The highest BCUT2D eigenvalue weighted by Crippen LogP contribution is 2.42. The quantitative estimate of drug-likeness (QED) is 0.166. The molecule has 0 amide bonds. The number of fused-ring (bicyclic) bond motifs is 6. The molecule has 8 heteroatoms. The number of hydrogen-bond donors (Lipinski definition) is 0. The van der Waals surface area contributed by atoms with Gasteiger partial charge in [-0.05, 0) is 53.6 Å². The molecular weight excluding hydrogens is 733 g/mol. The number of rotatable bonds is 6. The molecule has 11 aromatic rings. The van der Waals surface area contributed by atoms with Crippen LogP contribution >= 0.6 is 11.3 Å². The van der Waals surface area contributed by atoms with E-state index >= 15 is 0 Å². The van der Waals surface area contributed by atoms with Crippen LogP contribution in [-0.2, 0) is 0 Å². The molecule has 4 aromatic heterocycles. The molecule has 7 nitrogen and oxygen atoms in total. The molecule has 270 valence electrons. The monoisotopic (exact) mass is 760 g/mol. The van der Waals surface area contributed by atoms with E-state index in [1.165, 1.54) is 4.70 Å². The summed E-state index contributed by atoms with van der Waals surface area (Å²) in [5, 5.41) is 12.2. The molecule has 7 aromatic carbocycles. The van der Waals surface area contributed by atoms with Gasteiger partial charge in [0.2, 0.25) is 0 Å². The molecule has 0 spiro atoms. The molecule has 0 aliphatic rings. The molecule has 0 saturated heterocycles. The lowest BCUT2D eigenvalue weighted by Gasteiger charge is -2.09. The highest BCUT2D eigenvalue weighted by molar-refractivity contribution is 7.26. The van der Waals surface area contributed by atoms with E-state index in [1.54, 1.807) is 11.3 Å². The van der Waals surface area contributed by atoms with Gasteiger partial charge in [-0.15, -0.1) is 11.3 Å². The highest BCUT2D eigenvalue weighted by atomic mass is 32.1. The summed E-state index contributed by atoms with van der Waals surface area (Å²) >= 11 is 1.72. The highest BCUT2D eigenvalue weighted by Gasteiger charge is 2.21. The summed E-state index contributed by atoms with van der Waals surface area (Å²) in [6.07, 6.45) is 0. The van der Waals surface area contributed by atoms with Gasteiger partial charge in [-0.1, -0.05) is 127 Å². The molecule has 4 heterocycles. The lowest BCUT2D eigenvalue weighted by Crippen LogP contribution is -2.00. The first-order valence-electron chi connectivity index (χ1n) is 18.8. The van der Waals surface area contributed by atoms with E-state index in [4.69, 9.17) is 29.3 Å². The summed E-state index contributed by atoms with van der Waals surface area (Å²) in [5.74, 6) is 2.31. The van der Waals surface area contributed by atoms with E-state index in [9.17, 15) is 5.26 Å². The number of aromatic nitrogens is 5. The fraction of sp³-hybridized carbons (Fsp3) is 0. The Balaban J connectivity index is 1.04. The Kier molecular flexibility index (Phi) is 7.91. The predicted octanol–water partition coefficient (Wildman–Crippen LogP) is 12.8. The maximum Gasteiger partial charge on any atom is 0.164 e. The summed E-state index contributed by atoms with van der Waals surface area (Å²) in [5.41, 5.74) is 10.4. The van der Waals surface area contributed by atoms with Crippen molar-refractivity contribution in [2.75, 3.05) is 0 Å². The van der Waals surface area contributed by atoms with Crippen LogP contribution in [0.2, 0.25) is 0 Å². The predicted molar refractivity (Wildman–Crippen MR) is 233 cm³/mol. The summed E-state index contributed by atoms with van der Waals surface area (Å²) in [6, 6.07) is 58.8. The third-order valence-corrected chi connectivity index (χ3v) is 11.6. The second kappa shape index (κ2) is 13.7. The summed E-state index contributed by atoms with van der Waals surface area (Å²) < 4.78 is 8.89. The van der Waals surface area contributed by atoms with Gasteiger partial charge in [-0.25, -0.2) is 24.9 Å². The number of thiophene rings is 1. The Morgan fingerprint density at radius 1 is 0.448 bits per heavy atom. The van der Waals surface area contributed by atoms with Gasteiger partial charge in [-0.3, -0.25) is 0 Å². The molecule has 0 atom stereocenters. The number of benzene rings is 7. The van der Waals surface area contributed by atoms with Crippen molar-refractivity contribution in [3.63, 3.8) is 0 Å². The van der Waals surface area contributed by atoms with Crippen molar-refractivity contribution >= 4 is 53.6 Å². The number of nitrogens with zero attached hydrogens (tertiary/aromatic N) is 6. The molecule has 0 aliphatic heterocycles. The molecule has 0 saturated carbocycles. The number of nitriles is 1. The SMILES string of the molecule is N#Cc1ccc(-c2ccc(-c3nc(-c4ccccc4)nc(-c4ccc5oc6c(-c7nc(-c8ccccc8)c8sc9ccccc9c8n7)cccc6c5c4)n3)cc2)cc1. The first-order chi connectivity index (χ1) is 28.7. The molecule has 58 heavy (non-hydrogen) atoms. The van der Waals surface area contributed by atoms with Crippen molar-refractivity contribution in [3.05, 3.63) is 175 Å². The second-order valence-electron chi connectivity index (χ2n) is 14.0. The first-order valence-corrected chi connectivity index (χ1v) is 19.6. The first kappa shape index (κ1) is 33.5. The van der Waals surface area contributed by atoms with Crippen LogP contribution in [0.5, 0.6) is 0 Å². The molecule has 0 bridgehead atoms. The van der Waals surface area contributed by atoms with Gasteiger partial charge in [-0.2, -0.15) is 5.26 Å². The molecule has 0 aliphatic carbocycles. The molecule has 0 unspecified atom stereocenters. The standard InChI is InChI=1S/C50H28N6OS/c51-29-30-18-20-31(21-19-30)32-22-24-35(25-23-32)48-54-47(34-12-5-2-6-13-34)55-49(56-48)36-26-27-41-40(28-36)37-15-9-16-39(45(37)57-41)50-52-43(33-10-3-1-4-11-33)46-44(53-50)38-14-7-8-17-42(38)58-46/h1-28H. The number of furan rings is 1. The van der Waals surface area contributed by atoms with Crippen LogP contribution in [0.3, 0.4) is 0 Å². The van der Waals surface area contributed by atoms with E-state index in [-0.39, 0.29) is 0 Å². The van der Waals surface area contributed by atoms with Crippen LogP contribution in [0.15, 0.2) is 174 Å². The Labute approximate surface area is 336 Å². The summed E-state index contributed by atoms with van der Waals surface area (Å²) in [7, 11) is 0. The van der Waals surface area contributed by atoms with Gasteiger partial charge < -0.3 is 4.42 Å². The average Bonchev–Trinajstić information content (AvgIpc) is 3.87. The third kappa shape index (κ3) is 5.77. The largest absolute Gasteiger partial charge is 0.455 e. The fourth-order valence-corrected chi connectivity index (χ4v) is 8.67. The summed E-state index contributed by atoms with van der Waals surface area (Å²) in [6.45, 7) is 0. The molecule has 0 N–H and O–H groups in total. The topological polar surface area (TPSA) is 101 Å². The fourth-order valence-electron chi connectivity index (χ4n) is 7.52. The lowest BCUT2D eigenvalue weighted by molar-refractivity contribution is 0.669. The van der Waals surface area contributed by atoms with Gasteiger partial charge in [0.1, 0.15) is 11.2 Å². The average molecular weight is 761 g/mol. The van der Waals surface area contributed by atoms with Crippen molar-refractivity contribution in [2.45, 2.75) is 0 Å². The van der Waals surface area contributed by atoms with Crippen molar-refractivity contribution in [2.24, 2.45) is 0 Å². The second-order valence-corrected chi connectivity index (χ2v) is 15.0. The van der Waals surface area contributed by atoms with Crippen LogP contribution in [0.1, 0.15) is 5.56 Å². The van der Waals surface area contributed by atoms with Crippen LogP contribution < -0.4 is 0 Å². The van der Waals surface area contributed by atoms with Crippen LogP contribution in [-0.4, -0.2) is 24.9 Å². The van der Waals surface area contributed by atoms with Crippen LogP contribution in [0.4, 0.5) is 0 Å². The molecule has 0 radical (unpaired) electrons. The minimum absolute atomic E-state index is 0.554. The Morgan fingerprint density at radius 2 is 1.03 bits per heavy atom. The third-order valence-electron chi connectivity index (χ3n) is 10.4. The Hall–Kier alpha value is -7.86. The number of para-hydroxylation sites is 1. The van der Waals surface area contributed by atoms with Crippen molar-refractivity contribution in [1.29, 1.82) is 5.26 Å². The Morgan fingerprint density at radius 3 is 1.76 bits per heavy atom. The van der Waals surface area contributed by atoms with Crippen molar-refractivity contribution < 1.29 is 4.42 Å². The van der Waals surface area contributed by atoms with Crippen molar-refractivity contribution in [3.8, 4) is 74.0 Å². The number of hydrogen-bond acceptors (Lipinski definition) is 8. The smallest absolute Gasteiger partial charge is 0.164 e. The van der Waals surface area contributed by atoms with Crippen LogP contribution in [0, 0.1) is 11.3 Å².